The Morgan fingerprint density at radius 1 is 0.500 bits per heavy atom. The highest BCUT2D eigenvalue weighted by atomic mass is 28.3. The summed E-state index contributed by atoms with van der Waals surface area (Å²) in [5.74, 6) is 0. The Morgan fingerprint density at radius 3 is 1.20 bits per heavy atom. The maximum atomic E-state index is 2.52. The molecule has 0 bridgehead atoms. The van der Waals surface area contributed by atoms with Gasteiger partial charge in [0.15, 0.2) is 0 Å². The van der Waals surface area contributed by atoms with Crippen LogP contribution in [0.5, 0.6) is 0 Å². The third kappa shape index (κ3) is 6.04. The average Bonchev–Trinajstić information content (AvgIpc) is 2.75. The molecule has 0 N–H and O–H groups in total. The molecule has 3 aromatic carbocycles. The van der Waals surface area contributed by atoms with Crippen LogP contribution in [0.25, 0.3) is 12.2 Å². The van der Waals surface area contributed by atoms with E-state index in [9.17, 15) is 0 Å². The van der Waals surface area contributed by atoms with Crippen molar-refractivity contribution < 1.29 is 0 Å². The molecule has 3 rings (SSSR count). The molecule has 0 amide bonds. The second-order valence-electron chi connectivity index (χ2n) is 9.35. The minimum Gasteiger partial charge on any atom is -0.0863 e. The fourth-order valence-corrected chi connectivity index (χ4v) is 10.6. The molecule has 0 saturated carbocycles. The van der Waals surface area contributed by atoms with Crippen LogP contribution >= 0.6 is 0 Å². The summed E-state index contributed by atoms with van der Waals surface area (Å²) >= 11 is 0. The monoisotopic (exact) mass is 426 g/mol. The molecule has 154 valence electrons. The summed E-state index contributed by atoms with van der Waals surface area (Å²) in [5, 5.41) is 3.29. The maximum Gasteiger partial charge on any atom is 0.0841 e. The molecule has 0 aliphatic rings. The van der Waals surface area contributed by atoms with Crippen LogP contribution in [0.2, 0.25) is 38.3 Å². The van der Waals surface area contributed by atoms with Crippen LogP contribution in [0.4, 0.5) is 0 Å². The lowest BCUT2D eigenvalue weighted by Gasteiger charge is -2.31. The molecule has 0 aromatic heterocycles. The quantitative estimate of drug-likeness (QED) is 0.342. The van der Waals surface area contributed by atoms with Gasteiger partial charge in [0.05, 0.1) is 16.1 Å². The molecule has 0 saturated heterocycles. The van der Waals surface area contributed by atoms with Crippen molar-refractivity contribution in [1.82, 2.24) is 0 Å². The van der Waals surface area contributed by atoms with E-state index < -0.39 is 16.1 Å². The highest BCUT2D eigenvalue weighted by molar-refractivity contribution is 6.99. The van der Waals surface area contributed by atoms with E-state index >= 15 is 0 Å². The minimum atomic E-state index is -1.57. The Kier molecular flexibility index (Phi) is 7.46. The van der Waals surface area contributed by atoms with E-state index in [1.165, 1.54) is 23.2 Å². The Labute approximate surface area is 185 Å². The summed E-state index contributed by atoms with van der Waals surface area (Å²) in [5.41, 5.74) is 2.58. The van der Waals surface area contributed by atoms with Gasteiger partial charge in [-0.1, -0.05) is 146 Å². The summed E-state index contributed by atoms with van der Waals surface area (Å²) in [4.78, 5) is 0. The highest BCUT2D eigenvalue weighted by Crippen LogP contribution is 2.17. The molecule has 0 aliphatic carbocycles. The molecular weight excluding hydrogens is 392 g/mol. The predicted molar refractivity (Wildman–Crippen MR) is 141 cm³/mol. The van der Waals surface area contributed by atoms with Gasteiger partial charge in [0.2, 0.25) is 0 Å². The van der Waals surface area contributed by atoms with Gasteiger partial charge in [-0.2, -0.15) is 0 Å². The van der Waals surface area contributed by atoms with Gasteiger partial charge >= 0.3 is 0 Å². The van der Waals surface area contributed by atoms with E-state index in [4.69, 9.17) is 0 Å². The van der Waals surface area contributed by atoms with E-state index in [1.807, 2.05) is 0 Å². The first kappa shape index (κ1) is 22.3. The third-order valence-corrected chi connectivity index (χ3v) is 12.4. The van der Waals surface area contributed by atoms with Crippen molar-refractivity contribution in [3.63, 3.8) is 0 Å². The topological polar surface area (TPSA) is 0 Å². The molecule has 2 heteroatoms. The summed E-state index contributed by atoms with van der Waals surface area (Å²) in [7, 11) is -3.13. The summed E-state index contributed by atoms with van der Waals surface area (Å²) < 4.78 is 0. The van der Waals surface area contributed by atoms with E-state index in [1.54, 1.807) is 10.4 Å². The van der Waals surface area contributed by atoms with Gasteiger partial charge < -0.3 is 0 Å². The third-order valence-electron chi connectivity index (χ3n) is 5.86. The van der Waals surface area contributed by atoms with Gasteiger partial charge in [0.25, 0.3) is 0 Å². The summed E-state index contributed by atoms with van der Waals surface area (Å²) in [6.45, 7) is 10.1. The Morgan fingerprint density at radius 2 is 0.833 bits per heavy atom. The molecule has 3 aromatic rings. The Balaban J connectivity index is 1.77. The van der Waals surface area contributed by atoms with Crippen molar-refractivity contribution in [2.24, 2.45) is 0 Å². The predicted octanol–water partition coefficient (Wildman–Crippen LogP) is 6.94. The number of benzene rings is 3. The van der Waals surface area contributed by atoms with Crippen molar-refractivity contribution >= 4 is 38.7 Å². The van der Waals surface area contributed by atoms with Gasteiger partial charge in [-0.25, -0.2) is 0 Å². The van der Waals surface area contributed by atoms with Crippen LogP contribution in [0.1, 0.15) is 11.1 Å². The molecule has 30 heavy (non-hydrogen) atoms. The van der Waals surface area contributed by atoms with Gasteiger partial charge in [0, 0.05) is 0 Å². The molecule has 0 heterocycles. The van der Waals surface area contributed by atoms with Crippen molar-refractivity contribution in [2.45, 2.75) is 38.3 Å². The van der Waals surface area contributed by atoms with Gasteiger partial charge in [-0.05, 0) is 23.2 Å². The molecule has 0 fully saturated rings. The molecule has 0 unspecified atom stereocenters. The van der Waals surface area contributed by atoms with Crippen molar-refractivity contribution in [1.29, 1.82) is 0 Å². The lowest BCUT2D eigenvalue weighted by atomic mass is 10.2. The maximum absolute atomic E-state index is 2.52. The first-order chi connectivity index (χ1) is 14.4. The molecule has 0 radical (unpaired) electrons. The van der Waals surface area contributed by atoms with Crippen LogP contribution in [0.15, 0.2) is 97.1 Å². The molecular formula is C28H34Si2. The van der Waals surface area contributed by atoms with E-state index in [0.717, 1.165) is 0 Å². The zero-order valence-corrected chi connectivity index (χ0v) is 20.8. The zero-order valence-electron chi connectivity index (χ0n) is 18.8. The van der Waals surface area contributed by atoms with E-state index in [0.29, 0.717) is 0 Å². The SMILES string of the molecule is C[Si](C)(CC=Cc1ccccc1)c1ccccc1[Si](C)(C)CC=Cc1ccccc1. The fourth-order valence-electron chi connectivity index (χ4n) is 3.99. The van der Waals surface area contributed by atoms with Gasteiger partial charge in [-0.3, -0.25) is 0 Å². The lowest BCUT2D eigenvalue weighted by molar-refractivity contribution is 1.51. The van der Waals surface area contributed by atoms with Crippen LogP contribution in [0.3, 0.4) is 0 Å². The first-order valence-corrected chi connectivity index (χ1v) is 17.3. The van der Waals surface area contributed by atoms with Crippen molar-refractivity contribution in [3.8, 4) is 0 Å². The summed E-state index contributed by atoms with van der Waals surface area (Å²) in [6, 6.07) is 32.9. The van der Waals surface area contributed by atoms with Crippen LogP contribution in [-0.2, 0) is 0 Å². The molecule has 0 spiro atoms. The number of rotatable bonds is 8. The highest BCUT2D eigenvalue weighted by Gasteiger charge is 2.31. The Bertz CT molecular complexity index is 901. The fraction of sp³-hybridized carbons (Fsp3) is 0.214. The summed E-state index contributed by atoms with van der Waals surface area (Å²) in [6.07, 6.45) is 9.34. The lowest BCUT2D eigenvalue weighted by Crippen LogP contribution is -2.58. The van der Waals surface area contributed by atoms with Crippen LogP contribution in [-0.4, -0.2) is 16.1 Å². The smallest absolute Gasteiger partial charge is 0.0841 e. The normalized spacial score (nSPS) is 12.7. The van der Waals surface area contributed by atoms with Crippen molar-refractivity contribution in [3.05, 3.63) is 108 Å². The van der Waals surface area contributed by atoms with E-state index in [-0.39, 0.29) is 0 Å². The standard InChI is InChI=1S/C28H34Si2/c1-29(2,23-13-19-25-15-7-5-8-16-25)27-21-11-12-22-28(27)30(3,4)24-14-20-26-17-9-6-10-18-26/h5-22H,23-24H2,1-4H3. The number of allylic oxidation sites excluding steroid dienone is 2. The second kappa shape index (κ2) is 10.1. The first-order valence-electron chi connectivity index (χ1n) is 10.9. The number of hydrogen-bond acceptors (Lipinski definition) is 0. The Hall–Kier alpha value is -2.43. The average molecular weight is 427 g/mol. The molecule has 0 aliphatic heterocycles. The molecule has 0 atom stereocenters. The molecule has 0 nitrogen and oxygen atoms in total. The van der Waals surface area contributed by atoms with Crippen LogP contribution in [0, 0.1) is 0 Å². The van der Waals surface area contributed by atoms with Gasteiger partial charge in [-0.15, -0.1) is 0 Å². The van der Waals surface area contributed by atoms with E-state index in [2.05, 4.69) is 135 Å². The van der Waals surface area contributed by atoms with Crippen molar-refractivity contribution in [2.75, 3.05) is 0 Å². The largest absolute Gasteiger partial charge is 0.0863 e. The van der Waals surface area contributed by atoms with Crippen LogP contribution < -0.4 is 10.4 Å². The van der Waals surface area contributed by atoms with Gasteiger partial charge in [0.1, 0.15) is 0 Å². The second-order valence-corrected chi connectivity index (χ2v) is 18.8. The zero-order chi connectivity index (χ0) is 21.5. The number of hydrogen-bond donors (Lipinski definition) is 0. The minimum absolute atomic E-state index is 1.17.